The first-order valence-corrected chi connectivity index (χ1v) is 10.7. The summed E-state index contributed by atoms with van der Waals surface area (Å²) in [6, 6.07) is 20.5. The summed E-state index contributed by atoms with van der Waals surface area (Å²) in [6.45, 7) is 0. The van der Waals surface area contributed by atoms with Crippen molar-refractivity contribution in [3.05, 3.63) is 72.8 Å². The SMILES string of the molecule is Oc1ccccc1SCC(O)(Sc1ccccc1O)Sc1ccccc1O. The molecular weight excluding hydrogens is 400 g/mol. The Morgan fingerprint density at radius 2 is 0.963 bits per heavy atom. The first-order chi connectivity index (χ1) is 13.0. The Labute approximate surface area is 170 Å². The summed E-state index contributed by atoms with van der Waals surface area (Å²) in [4.78, 5) is 1.70. The van der Waals surface area contributed by atoms with Crippen LogP contribution < -0.4 is 0 Å². The number of phenolic OH excluding ortho intramolecular Hbond substituents is 3. The molecule has 3 aromatic rings. The molecule has 0 heterocycles. The summed E-state index contributed by atoms with van der Waals surface area (Å²) in [5, 5.41) is 41.5. The van der Waals surface area contributed by atoms with Crippen LogP contribution >= 0.6 is 35.3 Å². The molecule has 0 bridgehead atoms. The molecule has 4 nitrogen and oxygen atoms in total. The van der Waals surface area contributed by atoms with E-state index in [-0.39, 0.29) is 23.0 Å². The van der Waals surface area contributed by atoms with E-state index in [0.29, 0.717) is 14.7 Å². The summed E-state index contributed by atoms with van der Waals surface area (Å²) in [7, 11) is 0. The molecule has 0 amide bonds. The molecule has 3 aromatic carbocycles. The molecule has 0 radical (unpaired) electrons. The van der Waals surface area contributed by atoms with Crippen LogP contribution in [-0.4, -0.2) is 30.4 Å². The molecule has 27 heavy (non-hydrogen) atoms. The molecule has 0 atom stereocenters. The van der Waals surface area contributed by atoms with Gasteiger partial charge in [-0.3, -0.25) is 0 Å². The van der Waals surface area contributed by atoms with Gasteiger partial charge in [-0.15, -0.1) is 11.8 Å². The molecular formula is C20H18O4S3. The van der Waals surface area contributed by atoms with Crippen LogP contribution in [0.2, 0.25) is 0 Å². The van der Waals surface area contributed by atoms with Gasteiger partial charge in [-0.05, 0) is 36.4 Å². The maximum absolute atomic E-state index is 11.3. The summed E-state index contributed by atoms with van der Waals surface area (Å²) in [6.07, 6.45) is 0. The highest BCUT2D eigenvalue weighted by Crippen LogP contribution is 2.50. The lowest BCUT2D eigenvalue weighted by Gasteiger charge is -2.27. The number of hydrogen-bond donors (Lipinski definition) is 4. The molecule has 0 saturated carbocycles. The van der Waals surface area contributed by atoms with Crippen molar-refractivity contribution in [1.82, 2.24) is 0 Å². The lowest BCUT2D eigenvalue weighted by Crippen LogP contribution is -2.22. The molecule has 0 saturated heterocycles. The zero-order valence-corrected chi connectivity index (χ0v) is 16.6. The average molecular weight is 419 g/mol. The third-order valence-electron chi connectivity index (χ3n) is 3.54. The van der Waals surface area contributed by atoms with Gasteiger partial charge in [-0.2, -0.15) is 0 Å². The fourth-order valence-electron chi connectivity index (χ4n) is 2.26. The van der Waals surface area contributed by atoms with Gasteiger partial charge in [0.2, 0.25) is 0 Å². The van der Waals surface area contributed by atoms with Gasteiger partial charge >= 0.3 is 0 Å². The highest BCUT2D eigenvalue weighted by atomic mass is 32.2. The van der Waals surface area contributed by atoms with E-state index in [2.05, 4.69) is 0 Å². The number of hydrogen-bond acceptors (Lipinski definition) is 7. The molecule has 140 valence electrons. The Bertz CT molecular complexity index is 869. The van der Waals surface area contributed by atoms with Crippen LogP contribution in [0, 0.1) is 0 Å². The number of aromatic hydroxyl groups is 3. The average Bonchev–Trinajstić information content (AvgIpc) is 2.65. The molecule has 0 unspecified atom stereocenters. The molecule has 0 spiro atoms. The van der Waals surface area contributed by atoms with Gasteiger partial charge in [0.1, 0.15) is 17.2 Å². The second kappa shape index (κ2) is 8.84. The number of rotatable bonds is 7. The minimum absolute atomic E-state index is 0.0753. The molecule has 0 aliphatic heterocycles. The summed E-state index contributed by atoms with van der Waals surface area (Å²) in [5.74, 6) is 0.505. The van der Waals surface area contributed by atoms with E-state index in [9.17, 15) is 20.4 Å². The molecule has 0 aliphatic carbocycles. The molecule has 4 N–H and O–H groups in total. The van der Waals surface area contributed by atoms with E-state index < -0.39 is 4.27 Å². The van der Waals surface area contributed by atoms with E-state index >= 15 is 0 Å². The van der Waals surface area contributed by atoms with Gasteiger partial charge in [-0.25, -0.2) is 0 Å². The van der Waals surface area contributed by atoms with Crippen LogP contribution in [0.25, 0.3) is 0 Å². The van der Waals surface area contributed by atoms with Gasteiger partial charge in [0.15, 0.2) is 4.27 Å². The second-order valence-corrected chi connectivity index (χ2v) is 9.52. The van der Waals surface area contributed by atoms with Gasteiger partial charge in [-0.1, -0.05) is 59.9 Å². The number of phenols is 3. The first-order valence-electron chi connectivity index (χ1n) is 8.04. The lowest BCUT2D eigenvalue weighted by atomic mass is 10.3. The zero-order valence-electron chi connectivity index (χ0n) is 14.1. The Kier molecular flexibility index (Phi) is 6.49. The predicted molar refractivity (Wildman–Crippen MR) is 112 cm³/mol. The quantitative estimate of drug-likeness (QED) is 0.313. The van der Waals surface area contributed by atoms with E-state index in [1.807, 2.05) is 6.07 Å². The number of benzene rings is 3. The van der Waals surface area contributed by atoms with Gasteiger partial charge in [0.25, 0.3) is 0 Å². The maximum Gasteiger partial charge on any atom is 0.176 e. The largest absolute Gasteiger partial charge is 0.507 e. The van der Waals surface area contributed by atoms with Crippen molar-refractivity contribution in [1.29, 1.82) is 0 Å². The fourth-order valence-corrected chi connectivity index (χ4v) is 5.84. The Morgan fingerprint density at radius 3 is 1.37 bits per heavy atom. The van der Waals surface area contributed by atoms with Crippen LogP contribution in [-0.2, 0) is 0 Å². The standard InChI is InChI=1S/C20H18O4S3/c21-14-7-1-4-10-17(14)25-13-20(24,26-18-11-5-2-8-15(18)22)27-19-12-6-3-9-16(19)23/h1-12,21-24H,13H2. The minimum atomic E-state index is -1.40. The number of aliphatic hydroxyl groups is 1. The topological polar surface area (TPSA) is 80.9 Å². The van der Waals surface area contributed by atoms with Crippen LogP contribution in [0.5, 0.6) is 17.2 Å². The summed E-state index contributed by atoms with van der Waals surface area (Å²) >= 11 is 3.50. The Morgan fingerprint density at radius 1 is 0.593 bits per heavy atom. The summed E-state index contributed by atoms with van der Waals surface area (Å²) in [5.41, 5.74) is 0. The predicted octanol–water partition coefficient (Wildman–Crippen LogP) is 5.13. The van der Waals surface area contributed by atoms with E-state index in [4.69, 9.17) is 0 Å². The van der Waals surface area contributed by atoms with Crippen LogP contribution in [0.3, 0.4) is 0 Å². The summed E-state index contributed by atoms with van der Waals surface area (Å²) < 4.78 is -1.40. The normalized spacial score (nSPS) is 11.4. The highest BCUT2D eigenvalue weighted by Gasteiger charge is 2.32. The Balaban J connectivity index is 1.86. The van der Waals surface area contributed by atoms with Crippen LogP contribution in [0.15, 0.2) is 87.5 Å². The highest BCUT2D eigenvalue weighted by molar-refractivity contribution is 8.19. The lowest BCUT2D eigenvalue weighted by molar-refractivity contribution is 0.255. The van der Waals surface area contributed by atoms with E-state index in [1.165, 1.54) is 11.8 Å². The van der Waals surface area contributed by atoms with Crippen molar-refractivity contribution in [2.45, 2.75) is 19.0 Å². The van der Waals surface area contributed by atoms with Crippen LogP contribution in [0.4, 0.5) is 0 Å². The maximum atomic E-state index is 11.3. The van der Waals surface area contributed by atoms with E-state index in [0.717, 1.165) is 23.5 Å². The van der Waals surface area contributed by atoms with Crippen molar-refractivity contribution in [3.8, 4) is 17.2 Å². The van der Waals surface area contributed by atoms with Gasteiger partial charge < -0.3 is 20.4 Å². The van der Waals surface area contributed by atoms with Crippen molar-refractivity contribution < 1.29 is 20.4 Å². The number of thioether (sulfide) groups is 3. The molecule has 3 rings (SSSR count). The second-order valence-electron chi connectivity index (χ2n) is 5.61. The van der Waals surface area contributed by atoms with Crippen molar-refractivity contribution >= 4 is 35.3 Å². The van der Waals surface area contributed by atoms with E-state index in [1.54, 1.807) is 66.7 Å². The van der Waals surface area contributed by atoms with Crippen molar-refractivity contribution in [3.63, 3.8) is 0 Å². The monoisotopic (exact) mass is 418 g/mol. The van der Waals surface area contributed by atoms with Crippen molar-refractivity contribution in [2.24, 2.45) is 0 Å². The molecule has 0 fully saturated rings. The Hall–Kier alpha value is -1.93. The molecule has 0 aromatic heterocycles. The third-order valence-corrected chi connectivity index (χ3v) is 7.69. The first kappa shape index (κ1) is 19.8. The van der Waals surface area contributed by atoms with Gasteiger partial charge in [0.05, 0.1) is 9.79 Å². The van der Waals surface area contributed by atoms with Crippen molar-refractivity contribution in [2.75, 3.05) is 5.75 Å². The number of para-hydroxylation sites is 3. The smallest absolute Gasteiger partial charge is 0.176 e. The third kappa shape index (κ3) is 5.29. The zero-order chi connectivity index (χ0) is 19.3. The minimum Gasteiger partial charge on any atom is -0.507 e. The van der Waals surface area contributed by atoms with Crippen LogP contribution in [0.1, 0.15) is 0 Å². The fraction of sp³-hybridized carbons (Fsp3) is 0.100. The molecule has 7 heteroatoms. The molecule has 0 aliphatic rings. The van der Waals surface area contributed by atoms with Gasteiger partial charge in [0, 0.05) is 10.6 Å².